The summed E-state index contributed by atoms with van der Waals surface area (Å²) >= 11 is 0. The Kier molecular flexibility index (Phi) is 4.09. The molecule has 0 bridgehead atoms. The van der Waals surface area contributed by atoms with Crippen molar-refractivity contribution in [2.24, 2.45) is 0 Å². The van der Waals surface area contributed by atoms with Crippen LogP contribution in [0, 0.1) is 17.0 Å². The van der Waals surface area contributed by atoms with E-state index < -0.39 is 4.92 Å². The molecule has 0 spiro atoms. The second kappa shape index (κ2) is 5.77. The topological polar surface area (TPSA) is 80.1 Å². The van der Waals surface area contributed by atoms with Gasteiger partial charge in [0, 0.05) is 24.8 Å². The van der Waals surface area contributed by atoms with E-state index in [0.29, 0.717) is 18.4 Å². The molecule has 1 aliphatic rings. The van der Waals surface area contributed by atoms with Crippen LogP contribution in [0.5, 0.6) is 0 Å². The molecular weight excluding hydrogens is 232 g/mol. The maximum absolute atomic E-state index is 10.9. The van der Waals surface area contributed by atoms with E-state index in [1.54, 1.807) is 13.1 Å². The Labute approximate surface area is 106 Å². The van der Waals surface area contributed by atoms with Crippen molar-refractivity contribution in [3.05, 3.63) is 27.9 Å². The molecule has 0 radical (unpaired) electrons. The SMILES string of the molecule is Cc1cnc(NCCCNC2CC2)c([N+](=O)[O-])c1. The molecule has 0 aliphatic heterocycles. The number of rotatable bonds is 7. The zero-order valence-corrected chi connectivity index (χ0v) is 10.5. The highest BCUT2D eigenvalue weighted by Crippen LogP contribution is 2.22. The third-order valence-corrected chi connectivity index (χ3v) is 2.86. The van der Waals surface area contributed by atoms with Crippen molar-refractivity contribution in [3.8, 4) is 0 Å². The molecule has 1 saturated carbocycles. The number of anilines is 1. The highest BCUT2D eigenvalue weighted by atomic mass is 16.6. The van der Waals surface area contributed by atoms with Crippen LogP contribution in [0.15, 0.2) is 12.3 Å². The third-order valence-electron chi connectivity index (χ3n) is 2.86. The first-order valence-corrected chi connectivity index (χ1v) is 6.25. The van der Waals surface area contributed by atoms with E-state index in [-0.39, 0.29) is 5.69 Å². The van der Waals surface area contributed by atoms with Crippen molar-refractivity contribution in [3.63, 3.8) is 0 Å². The molecule has 1 aromatic rings. The maximum atomic E-state index is 10.9. The summed E-state index contributed by atoms with van der Waals surface area (Å²) in [7, 11) is 0. The van der Waals surface area contributed by atoms with Crippen LogP contribution in [-0.4, -0.2) is 29.0 Å². The van der Waals surface area contributed by atoms with Crippen LogP contribution in [0.2, 0.25) is 0 Å². The molecule has 1 aromatic heterocycles. The number of nitrogens with one attached hydrogen (secondary N) is 2. The first-order valence-electron chi connectivity index (χ1n) is 6.25. The van der Waals surface area contributed by atoms with E-state index in [9.17, 15) is 10.1 Å². The zero-order valence-electron chi connectivity index (χ0n) is 10.5. The first kappa shape index (κ1) is 12.8. The summed E-state index contributed by atoms with van der Waals surface area (Å²) in [5.41, 5.74) is 0.841. The lowest BCUT2D eigenvalue weighted by Crippen LogP contribution is -2.20. The molecule has 1 fully saturated rings. The molecule has 98 valence electrons. The summed E-state index contributed by atoms with van der Waals surface area (Å²) in [6.45, 7) is 3.43. The lowest BCUT2D eigenvalue weighted by Gasteiger charge is -2.07. The quantitative estimate of drug-likeness (QED) is 0.438. The summed E-state index contributed by atoms with van der Waals surface area (Å²) < 4.78 is 0. The van der Waals surface area contributed by atoms with E-state index >= 15 is 0 Å². The molecule has 0 aromatic carbocycles. The highest BCUT2D eigenvalue weighted by molar-refractivity contribution is 5.56. The Morgan fingerprint density at radius 2 is 2.28 bits per heavy atom. The minimum Gasteiger partial charge on any atom is -0.364 e. The highest BCUT2D eigenvalue weighted by Gasteiger charge is 2.19. The van der Waals surface area contributed by atoms with Crippen molar-refractivity contribution < 1.29 is 4.92 Å². The van der Waals surface area contributed by atoms with Gasteiger partial charge in [-0.15, -0.1) is 0 Å². The van der Waals surface area contributed by atoms with E-state index in [2.05, 4.69) is 15.6 Å². The van der Waals surface area contributed by atoms with E-state index in [1.807, 2.05) is 0 Å². The van der Waals surface area contributed by atoms with Gasteiger partial charge < -0.3 is 10.6 Å². The smallest absolute Gasteiger partial charge is 0.311 e. The van der Waals surface area contributed by atoms with Gasteiger partial charge in [0.05, 0.1) is 4.92 Å². The molecule has 18 heavy (non-hydrogen) atoms. The second-order valence-electron chi connectivity index (χ2n) is 4.65. The number of aromatic nitrogens is 1. The summed E-state index contributed by atoms with van der Waals surface area (Å²) in [4.78, 5) is 14.5. The normalized spacial score (nSPS) is 14.5. The van der Waals surface area contributed by atoms with Gasteiger partial charge in [0.1, 0.15) is 0 Å². The van der Waals surface area contributed by atoms with Gasteiger partial charge >= 0.3 is 5.69 Å². The number of nitrogens with zero attached hydrogens (tertiary/aromatic N) is 2. The Hall–Kier alpha value is -1.69. The maximum Gasteiger partial charge on any atom is 0.311 e. The Morgan fingerprint density at radius 1 is 1.50 bits per heavy atom. The number of hydrogen-bond acceptors (Lipinski definition) is 5. The van der Waals surface area contributed by atoms with Crippen molar-refractivity contribution in [1.29, 1.82) is 0 Å². The fourth-order valence-electron chi connectivity index (χ4n) is 1.72. The average Bonchev–Trinajstić information content (AvgIpc) is 3.14. The largest absolute Gasteiger partial charge is 0.364 e. The molecule has 6 nitrogen and oxygen atoms in total. The van der Waals surface area contributed by atoms with Crippen molar-refractivity contribution >= 4 is 11.5 Å². The van der Waals surface area contributed by atoms with Gasteiger partial charge in [-0.05, 0) is 38.3 Å². The van der Waals surface area contributed by atoms with Crippen LogP contribution in [0.4, 0.5) is 11.5 Å². The molecule has 0 atom stereocenters. The molecule has 0 amide bonds. The van der Waals surface area contributed by atoms with Crippen LogP contribution in [-0.2, 0) is 0 Å². The predicted octanol–water partition coefficient (Wildman–Crippen LogP) is 1.85. The van der Waals surface area contributed by atoms with Gasteiger partial charge in [0.15, 0.2) is 0 Å². The monoisotopic (exact) mass is 250 g/mol. The van der Waals surface area contributed by atoms with Crippen LogP contribution in [0.3, 0.4) is 0 Å². The van der Waals surface area contributed by atoms with Gasteiger partial charge in [-0.25, -0.2) is 4.98 Å². The summed E-state index contributed by atoms with van der Waals surface area (Å²) in [5, 5.41) is 17.3. The molecule has 0 unspecified atom stereocenters. The molecule has 0 saturated heterocycles. The minimum atomic E-state index is -0.398. The van der Waals surface area contributed by atoms with Crippen molar-refractivity contribution in [2.75, 3.05) is 18.4 Å². The predicted molar refractivity (Wildman–Crippen MR) is 69.8 cm³/mol. The standard InChI is InChI=1S/C12H18N4O2/c1-9-7-11(16(17)18)12(15-8-9)14-6-2-5-13-10-3-4-10/h7-8,10,13H,2-6H2,1H3,(H,14,15). The minimum absolute atomic E-state index is 0.0464. The average molecular weight is 250 g/mol. The summed E-state index contributed by atoms with van der Waals surface area (Å²) in [6.07, 6.45) is 5.12. The van der Waals surface area contributed by atoms with Gasteiger partial charge in [-0.1, -0.05) is 0 Å². The van der Waals surface area contributed by atoms with Gasteiger partial charge in [-0.3, -0.25) is 10.1 Å². The van der Waals surface area contributed by atoms with Crippen LogP contribution in [0.25, 0.3) is 0 Å². The number of hydrogen-bond donors (Lipinski definition) is 2. The molecule has 2 rings (SSSR count). The fourth-order valence-corrected chi connectivity index (χ4v) is 1.72. The first-order chi connectivity index (χ1) is 8.66. The Balaban J connectivity index is 1.81. The summed E-state index contributed by atoms with van der Waals surface area (Å²) in [6, 6.07) is 2.24. The van der Waals surface area contributed by atoms with Gasteiger partial charge in [0.25, 0.3) is 0 Å². The van der Waals surface area contributed by atoms with Crippen molar-refractivity contribution in [1.82, 2.24) is 10.3 Å². The number of pyridine rings is 1. The zero-order chi connectivity index (χ0) is 13.0. The van der Waals surface area contributed by atoms with E-state index in [1.165, 1.54) is 18.9 Å². The molecule has 2 N–H and O–H groups in total. The number of nitro groups is 1. The van der Waals surface area contributed by atoms with Gasteiger partial charge in [-0.2, -0.15) is 0 Å². The van der Waals surface area contributed by atoms with Crippen molar-refractivity contribution in [2.45, 2.75) is 32.2 Å². The number of aryl methyl sites for hydroxylation is 1. The Morgan fingerprint density at radius 3 is 2.94 bits per heavy atom. The van der Waals surface area contributed by atoms with E-state index in [4.69, 9.17) is 0 Å². The third kappa shape index (κ3) is 3.66. The lowest BCUT2D eigenvalue weighted by atomic mass is 10.3. The lowest BCUT2D eigenvalue weighted by molar-refractivity contribution is -0.384. The molecule has 1 aliphatic carbocycles. The van der Waals surface area contributed by atoms with Crippen LogP contribution >= 0.6 is 0 Å². The molecule has 1 heterocycles. The van der Waals surface area contributed by atoms with E-state index in [0.717, 1.165) is 18.5 Å². The molecular formula is C12H18N4O2. The summed E-state index contributed by atoms with van der Waals surface area (Å²) in [5.74, 6) is 0.358. The Bertz CT molecular complexity index is 432. The van der Waals surface area contributed by atoms with Crippen LogP contribution in [0.1, 0.15) is 24.8 Å². The second-order valence-corrected chi connectivity index (χ2v) is 4.65. The van der Waals surface area contributed by atoms with Crippen LogP contribution < -0.4 is 10.6 Å². The fraction of sp³-hybridized carbons (Fsp3) is 0.583. The van der Waals surface area contributed by atoms with Gasteiger partial charge in [0.2, 0.25) is 5.82 Å². The molecule has 6 heteroatoms.